The molecule has 36 heavy (non-hydrogen) atoms. The number of nitrogens with zero attached hydrogens (tertiary/aromatic N) is 4. The molecule has 4 rings (SSSR count). The van der Waals surface area contributed by atoms with Gasteiger partial charge in [-0.3, -0.25) is 17.6 Å². The number of benzene rings is 2. The van der Waals surface area contributed by atoms with Gasteiger partial charge >= 0.3 is 17.3 Å². The molecule has 0 fully saturated rings. The first-order valence-corrected chi connectivity index (χ1v) is 17.0. The third-order valence-electron chi connectivity index (χ3n) is 6.64. The van der Waals surface area contributed by atoms with Gasteiger partial charge in [-0.1, -0.05) is 36.4 Å². The highest BCUT2D eigenvalue weighted by atomic mass is 29.2. The van der Waals surface area contributed by atoms with Crippen LogP contribution in [-0.2, 0) is 0 Å². The van der Waals surface area contributed by atoms with E-state index in [2.05, 4.69) is 161 Å². The second-order valence-electron chi connectivity index (χ2n) is 14.1. The van der Waals surface area contributed by atoms with Crippen LogP contribution in [0.15, 0.2) is 60.7 Å². The van der Waals surface area contributed by atoms with Crippen molar-refractivity contribution in [3.63, 3.8) is 0 Å². The summed E-state index contributed by atoms with van der Waals surface area (Å²) < 4.78 is 11.3. The molecular weight excluding hydrogens is 473 g/mol. The summed E-state index contributed by atoms with van der Waals surface area (Å²) in [6.45, 7) is 28.7. The van der Waals surface area contributed by atoms with Crippen LogP contribution in [-0.4, -0.2) is 68.7 Å². The quantitative estimate of drug-likeness (QED) is 0.477. The second kappa shape index (κ2) is 8.69. The number of hydrogen-bond acceptors (Lipinski definition) is 2. The van der Waals surface area contributed by atoms with Crippen LogP contribution in [0.25, 0.3) is 0 Å². The second-order valence-corrected chi connectivity index (χ2v) is 19.8. The molecule has 0 atom stereocenters. The highest BCUT2D eigenvalue weighted by molar-refractivity contribution is 7.16. The van der Waals surface area contributed by atoms with E-state index in [4.69, 9.17) is 0 Å². The summed E-state index contributed by atoms with van der Waals surface area (Å²) in [4.78, 5) is 0. The van der Waals surface area contributed by atoms with Crippen molar-refractivity contribution in [1.82, 2.24) is 9.13 Å². The minimum absolute atomic E-state index is 0.0362. The van der Waals surface area contributed by atoms with Crippen LogP contribution in [0, 0.1) is 0 Å². The maximum Gasteiger partial charge on any atom is 0.645 e. The monoisotopic (exact) mass is 518 g/mol. The molecule has 0 spiro atoms. The summed E-state index contributed by atoms with van der Waals surface area (Å²) in [6.07, 6.45) is 0. The van der Waals surface area contributed by atoms with E-state index in [1.165, 1.54) is 22.8 Å². The molecule has 2 heterocycles. The van der Waals surface area contributed by atoms with Crippen molar-refractivity contribution in [3.8, 4) is 0 Å². The molecule has 2 aliphatic heterocycles. The minimum atomic E-state index is -1.12. The first-order valence-electron chi connectivity index (χ1n) is 13.3. The van der Waals surface area contributed by atoms with Gasteiger partial charge < -0.3 is 0 Å². The Morgan fingerprint density at radius 3 is 0.972 bits per heavy atom. The van der Waals surface area contributed by atoms with E-state index in [9.17, 15) is 0 Å². The van der Waals surface area contributed by atoms with Gasteiger partial charge in [-0.2, -0.15) is 0 Å². The van der Waals surface area contributed by atoms with E-state index < -0.39 is 17.3 Å². The van der Waals surface area contributed by atoms with Crippen LogP contribution in [0.1, 0.15) is 94.2 Å². The average Bonchev–Trinajstić information content (AvgIpc) is 2.66. The molecule has 2 radical (unpaired) electrons. The molecule has 192 valence electrons. The standard InChI is InChI=1S/C30H46N4Si2/c1-27(2,3)31-25(23-19-15-13-16-20-23)32(28(4,5)6)35(31)36-33(29(7,8)9)26(34(36)30(10,11)12)24-21-17-14-18-22-24/h13-22H,1-12H3/q+2. The maximum absolute atomic E-state index is 2.83. The first-order chi connectivity index (χ1) is 16.5. The van der Waals surface area contributed by atoms with E-state index in [1.807, 2.05) is 0 Å². The van der Waals surface area contributed by atoms with Crippen LogP contribution in [0.2, 0.25) is 0 Å². The van der Waals surface area contributed by atoms with E-state index in [0.717, 1.165) is 0 Å². The Balaban J connectivity index is 2.02. The molecule has 2 aliphatic rings. The fourth-order valence-corrected chi connectivity index (χ4v) is 18.2. The van der Waals surface area contributed by atoms with Gasteiger partial charge in [0.25, 0.3) is 11.7 Å². The largest absolute Gasteiger partial charge is 0.645 e. The van der Waals surface area contributed by atoms with Gasteiger partial charge in [0.15, 0.2) is 0 Å². The van der Waals surface area contributed by atoms with Crippen molar-refractivity contribution < 1.29 is 8.48 Å². The highest BCUT2D eigenvalue weighted by Crippen LogP contribution is 2.39. The van der Waals surface area contributed by atoms with Crippen LogP contribution in [0.5, 0.6) is 0 Å². The molecule has 0 aromatic heterocycles. The zero-order valence-corrected chi connectivity index (χ0v) is 26.6. The van der Waals surface area contributed by atoms with Gasteiger partial charge in [-0.05, 0) is 107 Å². The zero-order chi connectivity index (χ0) is 26.8. The van der Waals surface area contributed by atoms with E-state index >= 15 is 0 Å². The molecule has 0 saturated heterocycles. The third-order valence-corrected chi connectivity index (χ3v) is 16.1. The van der Waals surface area contributed by atoms with Gasteiger partial charge in [0, 0.05) is 0 Å². The number of hydrogen-bond donors (Lipinski definition) is 0. The predicted molar refractivity (Wildman–Crippen MR) is 156 cm³/mol. The van der Waals surface area contributed by atoms with Crippen molar-refractivity contribution in [2.45, 2.75) is 105 Å². The van der Waals surface area contributed by atoms with E-state index in [1.54, 1.807) is 0 Å². The lowest BCUT2D eigenvalue weighted by atomic mass is 10.1. The van der Waals surface area contributed by atoms with Gasteiger partial charge in [0.1, 0.15) is 0 Å². The van der Waals surface area contributed by atoms with Gasteiger partial charge in [-0.15, -0.1) is 0 Å². The molecular formula is C30H46N4Si2+2. The van der Waals surface area contributed by atoms with Crippen molar-refractivity contribution in [2.24, 2.45) is 0 Å². The van der Waals surface area contributed by atoms with Crippen LogP contribution >= 0.6 is 0 Å². The Morgan fingerprint density at radius 2 is 0.750 bits per heavy atom. The Hall–Kier alpha value is -2.19. The molecule has 0 saturated carbocycles. The van der Waals surface area contributed by atoms with Crippen LogP contribution in [0.4, 0.5) is 0 Å². The summed E-state index contributed by atoms with van der Waals surface area (Å²) in [7, 11) is -2.23. The van der Waals surface area contributed by atoms with E-state index in [0.29, 0.717) is 0 Å². The lowest BCUT2D eigenvalue weighted by Crippen LogP contribution is -2.89. The summed E-state index contributed by atoms with van der Waals surface area (Å²) in [6, 6.07) is 22.1. The molecule has 0 N–H and O–H groups in total. The molecule has 0 unspecified atom stereocenters. The fourth-order valence-electron chi connectivity index (χ4n) is 5.34. The molecule has 0 aliphatic carbocycles. The van der Waals surface area contributed by atoms with Crippen molar-refractivity contribution in [2.75, 3.05) is 0 Å². The summed E-state index contributed by atoms with van der Waals surface area (Å²) in [5.41, 5.74) is 2.80. The first kappa shape index (κ1) is 26.9. The van der Waals surface area contributed by atoms with Gasteiger partial charge in [0.2, 0.25) is 0 Å². The van der Waals surface area contributed by atoms with Crippen LogP contribution < -0.4 is 0 Å². The predicted octanol–water partition coefficient (Wildman–Crippen LogP) is 5.79. The third kappa shape index (κ3) is 4.51. The SMILES string of the molecule is CC(C)(C)N1C(c2ccccc2)=[N+](C(C)(C)C)[Si]1[Si]1N(C(C)(C)C)C(c2ccccc2)=[N+]1C(C)(C)C. The van der Waals surface area contributed by atoms with Crippen molar-refractivity contribution in [1.29, 1.82) is 0 Å². The Bertz CT molecular complexity index is 1080. The summed E-state index contributed by atoms with van der Waals surface area (Å²) in [5, 5.41) is 0. The molecule has 0 bridgehead atoms. The molecule has 4 nitrogen and oxygen atoms in total. The molecule has 0 amide bonds. The summed E-state index contributed by atoms with van der Waals surface area (Å²) >= 11 is 0. The normalized spacial score (nSPS) is 18.6. The molecule has 2 aromatic rings. The summed E-state index contributed by atoms with van der Waals surface area (Å²) in [5.74, 6) is 2.80. The van der Waals surface area contributed by atoms with Gasteiger partial charge in [-0.25, -0.2) is 0 Å². The lowest BCUT2D eigenvalue weighted by Gasteiger charge is -2.53. The maximum atomic E-state index is 2.83. The minimum Gasteiger partial charge on any atom is -0.264 e. The van der Waals surface area contributed by atoms with Crippen LogP contribution in [0.3, 0.4) is 0 Å². The highest BCUT2D eigenvalue weighted by Gasteiger charge is 2.81. The molecule has 6 heteroatoms. The van der Waals surface area contributed by atoms with Crippen molar-refractivity contribution >= 4 is 28.9 Å². The molecule has 2 aromatic carbocycles. The number of rotatable bonds is 3. The Kier molecular flexibility index (Phi) is 6.49. The van der Waals surface area contributed by atoms with Gasteiger partial charge in [0.05, 0.1) is 33.3 Å². The lowest BCUT2D eigenvalue weighted by molar-refractivity contribution is -0.530. The topological polar surface area (TPSA) is 12.5 Å². The Morgan fingerprint density at radius 1 is 0.472 bits per heavy atom. The Labute approximate surface area is 223 Å². The average molecular weight is 519 g/mol. The fraction of sp³-hybridized carbons (Fsp3) is 0.533. The number of amidine groups is 2. The zero-order valence-electron chi connectivity index (χ0n) is 24.6. The van der Waals surface area contributed by atoms with E-state index in [-0.39, 0.29) is 22.2 Å². The van der Waals surface area contributed by atoms with Crippen molar-refractivity contribution in [3.05, 3.63) is 71.8 Å². The smallest absolute Gasteiger partial charge is 0.264 e.